The van der Waals surface area contributed by atoms with Crippen molar-refractivity contribution in [1.82, 2.24) is 4.98 Å². The van der Waals surface area contributed by atoms with Crippen LogP contribution in [0.2, 0.25) is 0 Å². The van der Waals surface area contributed by atoms with Crippen molar-refractivity contribution in [1.29, 1.82) is 0 Å². The lowest BCUT2D eigenvalue weighted by atomic mass is 10.2. The SMILES string of the molecule is COc1ccc(NC(=O)c2sc(-c3ccccc3)nc2C(F)(F)F)cc1. The number of nitrogens with one attached hydrogen (secondary N) is 1. The zero-order valence-corrected chi connectivity index (χ0v) is 14.3. The summed E-state index contributed by atoms with van der Waals surface area (Å²) in [5, 5.41) is 2.60. The molecule has 3 rings (SSSR count). The Morgan fingerprint density at radius 2 is 1.73 bits per heavy atom. The molecule has 1 amide bonds. The Kier molecular flexibility index (Phi) is 4.94. The van der Waals surface area contributed by atoms with Crippen molar-refractivity contribution in [2.75, 3.05) is 12.4 Å². The number of thiazole rings is 1. The van der Waals surface area contributed by atoms with Gasteiger partial charge in [0.05, 0.1) is 7.11 Å². The average molecular weight is 378 g/mol. The monoisotopic (exact) mass is 378 g/mol. The van der Waals surface area contributed by atoms with E-state index in [9.17, 15) is 18.0 Å². The third kappa shape index (κ3) is 3.85. The van der Waals surface area contributed by atoms with Crippen LogP contribution in [0.25, 0.3) is 10.6 Å². The predicted octanol–water partition coefficient (Wildman–Crippen LogP) is 5.09. The van der Waals surface area contributed by atoms with Crippen molar-refractivity contribution >= 4 is 22.9 Å². The molecule has 1 aromatic heterocycles. The number of rotatable bonds is 4. The third-order valence-corrected chi connectivity index (χ3v) is 4.57. The topological polar surface area (TPSA) is 51.2 Å². The van der Waals surface area contributed by atoms with Crippen LogP contribution < -0.4 is 10.1 Å². The van der Waals surface area contributed by atoms with Crippen LogP contribution in [0.4, 0.5) is 18.9 Å². The quantitative estimate of drug-likeness (QED) is 0.688. The second-order valence-electron chi connectivity index (χ2n) is 5.24. The summed E-state index contributed by atoms with van der Waals surface area (Å²) < 4.78 is 45.0. The van der Waals surface area contributed by atoms with E-state index in [0.717, 1.165) is 0 Å². The number of ether oxygens (including phenoxy) is 1. The molecule has 0 saturated heterocycles. The van der Waals surface area contributed by atoms with Crippen molar-refractivity contribution < 1.29 is 22.7 Å². The van der Waals surface area contributed by atoms with Crippen LogP contribution in [-0.2, 0) is 6.18 Å². The maximum absolute atomic E-state index is 13.3. The molecule has 0 unspecified atom stereocenters. The molecule has 1 N–H and O–H groups in total. The minimum atomic E-state index is -4.73. The summed E-state index contributed by atoms with van der Waals surface area (Å²) in [5.74, 6) is -0.287. The number of halogens is 3. The summed E-state index contributed by atoms with van der Waals surface area (Å²) in [6.07, 6.45) is -4.73. The molecule has 134 valence electrons. The zero-order chi connectivity index (χ0) is 18.7. The number of nitrogens with zero attached hydrogens (tertiary/aromatic N) is 1. The van der Waals surface area contributed by atoms with Gasteiger partial charge in [-0.3, -0.25) is 4.79 Å². The second kappa shape index (κ2) is 7.17. The third-order valence-electron chi connectivity index (χ3n) is 3.47. The maximum atomic E-state index is 13.3. The number of amides is 1. The molecule has 4 nitrogen and oxygen atoms in total. The Hall–Kier alpha value is -2.87. The van der Waals surface area contributed by atoms with E-state index in [-0.39, 0.29) is 5.01 Å². The van der Waals surface area contributed by atoms with Crippen LogP contribution in [0.1, 0.15) is 15.4 Å². The molecular formula is C18H13F3N2O2S. The number of methoxy groups -OCH3 is 1. The summed E-state index contributed by atoms with van der Waals surface area (Å²) in [5.41, 5.74) is -0.308. The van der Waals surface area contributed by atoms with Gasteiger partial charge in [-0.2, -0.15) is 13.2 Å². The largest absolute Gasteiger partial charge is 0.497 e. The van der Waals surface area contributed by atoms with Gasteiger partial charge in [0.15, 0.2) is 5.69 Å². The van der Waals surface area contributed by atoms with Gasteiger partial charge in [-0.05, 0) is 24.3 Å². The maximum Gasteiger partial charge on any atom is 0.435 e. The van der Waals surface area contributed by atoms with E-state index in [4.69, 9.17) is 4.74 Å². The van der Waals surface area contributed by atoms with Gasteiger partial charge in [0.25, 0.3) is 5.91 Å². The van der Waals surface area contributed by atoms with E-state index < -0.39 is 22.7 Å². The van der Waals surface area contributed by atoms with Gasteiger partial charge in [-0.1, -0.05) is 30.3 Å². The Morgan fingerprint density at radius 1 is 1.08 bits per heavy atom. The Balaban J connectivity index is 1.94. The van der Waals surface area contributed by atoms with E-state index >= 15 is 0 Å². The van der Waals surface area contributed by atoms with Crippen LogP contribution in [0.5, 0.6) is 5.75 Å². The van der Waals surface area contributed by atoms with Crippen LogP contribution >= 0.6 is 11.3 Å². The number of alkyl halides is 3. The van der Waals surface area contributed by atoms with Crippen molar-refractivity contribution in [3.05, 3.63) is 65.2 Å². The first-order chi connectivity index (χ1) is 12.4. The van der Waals surface area contributed by atoms with Gasteiger partial charge in [-0.15, -0.1) is 11.3 Å². The van der Waals surface area contributed by atoms with E-state index in [2.05, 4.69) is 10.3 Å². The molecule has 0 radical (unpaired) electrons. The first-order valence-electron chi connectivity index (χ1n) is 7.47. The molecule has 0 saturated carbocycles. The van der Waals surface area contributed by atoms with Crippen LogP contribution in [0.15, 0.2) is 54.6 Å². The molecule has 2 aromatic carbocycles. The Morgan fingerprint density at radius 3 is 2.31 bits per heavy atom. The predicted molar refractivity (Wildman–Crippen MR) is 93.5 cm³/mol. The lowest BCUT2D eigenvalue weighted by Gasteiger charge is -2.08. The van der Waals surface area contributed by atoms with Crippen molar-refractivity contribution in [2.45, 2.75) is 6.18 Å². The standard InChI is InChI=1S/C18H13F3N2O2S/c1-25-13-9-7-12(8-10-13)22-16(24)14-15(18(19,20)21)23-17(26-14)11-5-3-2-4-6-11/h2-10H,1H3,(H,22,24). The number of aromatic nitrogens is 1. The highest BCUT2D eigenvalue weighted by Crippen LogP contribution is 2.38. The zero-order valence-electron chi connectivity index (χ0n) is 13.5. The molecule has 26 heavy (non-hydrogen) atoms. The molecule has 1 heterocycles. The van der Waals surface area contributed by atoms with E-state index in [1.54, 1.807) is 54.6 Å². The average Bonchev–Trinajstić information content (AvgIpc) is 3.09. The van der Waals surface area contributed by atoms with Crippen molar-refractivity contribution in [2.24, 2.45) is 0 Å². The molecule has 0 atom stereocenters. The fourth-order valence-electron chi connectivity index (χ4n) is 2.23. The highest BCUT2D eigenvalue weighted by Gasteiger charge is 2.39. The minimum absolute atomic E-state index is 0.137. The van der Waals surface area contributed by atoms with Crippen LogP contribution in [-0.4, -0.2) is 18.0 Å². The number of benzene rings is 2. The summed E-state index contributed by atoms with van der Waals surface area (Å²) in [7, 11) is 1.49. The highest BCUT2D eigenvalue weighted by molar-refractivity contribution is 7.17. The lowest BCUT2D eigenvalue weighted by molar-refractivity contribution is -0.140. The van der Waals surface area contributed by atoms with Crippen LogP contribution in [0, 0.1) is 0 Å². The molecule has 0 aliphatic carbocycles. The van der Waals surface area contributed by atoms with Gasteiger partial charge in [-0.25, -0.2) is 4.98 Å². The number of anilines is 1. The number of hydrogen-bond acceptors (Lipinski definition) is 4. The number of carbonyl (C=O) groups is 1. The highest BCUT2D eigenvalue weighted by atomic mass is 32.1. The number of carbonyl (C=O) groups excluding carboxylic acids is 1. The molecular weight excluding hydrogens is 365 g/mol. The molecule has 0 aliphatic rings. The van der Waals surface area contributed by atoms with Crippen molar-refractivity contribution in [3.8, 4) is 16.3 Å². The molecule has 0 fully saturated rings. The van der Waals surface area contributed by atoms with Gasteiger partial charge in [0, 0.05) is 11.3 Å². The first-order valence-corrected chi connectivity index (χ1v) is 8.29. The molecule has 3 aromatic rings. The Labute approximate surface area is 151 Å². The van der Waals surface area contributed by atoms with E-state index in [0.29, 0.717) is 28.3 Å². The van der Waals surface area contributed by atoms with Gasteiger partial charge >= 0.3 is 6.18 Å². The van der Waals surface area contributed by atoms with Gasteiger partial charge in [0.1, 0.15) is 15.6 Å². The smallest absolute Gasteiger partial charge is 0.435 e. The lowest BCUT2D eigenvalue weighted by Crippen LogP contribution is -2.17. The fraction of sp³-hybridized carbons (Fsp3) is 0.111. The van der Waals surface area contributed by atoms with E-state index in [1.165, 1.54) is 7.11 Å². The van der Waals surface area contributed by atoms with Crippen molar-refractivity contribution in [3.63, 3.8) is 0 Å². The summed E-state index contributed by atoms with van der Waals surface area (Å²) in [6.45, 7) is 0. The van der Waals surface area contributed by atoms with Crippen LogP contribution in [0.3, 0.4) is 0 Å². The fourth-order valence-corrected chi connectivity index (χ4v) is 3.22. The molecule has 0 aliphatic heterocycles. The first kappa shape index (κ1) is 17.9. The molecule has 0 spiro atoms. The second-order valence-corrected chi connectivity index (χ2v) is 6.24. The van der Waals surface area contributed by atoms with Gasteiger partial charge in [0.2, 0.25) is 0 Å². The molecule has 8 heteroatoms. The van der Waals surface area contributed by atoms with E-state index in [1.807, 2.05) is 0 Å². The Bertz CT molecular complexity index is 906. The number of hydrogen-bond donors (Lipinski definition) is 1. The molecule has 0 bridgehead atoms. The summed E-state index contributed by atoms with van der Waals surface area (Å²) in [6, 6.07) is 14.7. The summed E-state index contributed by atoms with van der Waals surface area (Å²) >= 11 is 0.707. The summed E-state index contributed by atoms with van der Waals surface area (Å²) in [4.78, 5) is 15.6. The minimum Gasteiger partial charge on any atom is -0.497 e. The normalized spacial score (nSPS) is 11.2. The van der Waals surface area contributed by atoms with Gasteiger partial charge < -0.3 is 10.1 Å².